The van der Waals surface area contributed by atoms with Gasteiger partial charge in [-0.1, -0.05) is 26.0 Å². The van der Waals surface area contributed by atoms with Gasteiger partial charge in [0.1, 0.15) is 11.5 Å². The van der Waals surface area contributed by atoms with Crippen molar-refractivity contribution in [2.24, 2.45) is 0 Å². The number of carbonyl (C=O) groups is 1. The van der Waals surface area contributed by atoms with E-state index in [0.717, 1.165) is 42.9 Å². The summed E-state index contributed by atoms with van der Waals surface area (Å²) < 4.78 is 47.3. The Hall–Kier alpha value is -3.75. The molecule has 1 N–H and O–H groups in total. The van der Waals surface area contributed by atoms with Crippen molar-refractivity contribution in [3.05, 3.63) is 72.2 Å². The van der Waals surface area contributed by atoms with E-state index in [1.165, 1.54) is 37.8 Å². The molecule has 0 bridgehead atoms. The first-order valence-corrected chi connectivity index (χ1v) is 11.7. The lowest BCUT2D eigenvalue weighted by Crippen LogP contribution is -2.25. The van der Waals surface area contributed by atoms with E-state index in [-0.39, 0.29) is 22.7 Å². The fourth-order valence-electron chi connectivity index (χ4n) is 3.88. The summed E-state index contributed by atoms with van der Waals surface area (Å²) >= 11 is 0. The zero-order valence-corrected chi connectivity index (χ0v) is 20.8. The van der Waals surface area contributed by atoms with Gasteiger partial charge in [0.15, 0.2) is 11.5 Å². The first-order chi connectivity index (χ1) is 17.1. The highest BCUT2D eigenvalue weighted by molar-refractivity contribution is 5.95. The van der Waals surface area contributed by atoms with Gasteiger partial charge in [0, 0.05) is 44.3 Å². The van der Waals surface area contributed by atoms with Crippen LogP contribution in [0.1, 0.15) is 56.6 Å². The first kappa shape index (κ1) is 26.8. The minimum absolute atomic E-state index is 0.116. The molecule has 6 nitrogen and oxygen atoms in total. The second-order valence-corrected chi connectivity index (χ2v) is 8.52. The van der Waals surface area contributed by atoms with Crippen LogP contribution in [-0.4, -0.2) is 33.4 Å². The van der Waals surface area contributed by atoms with Crippen LogP contribution in [0.2, 0.25) is 0 Å². The summed E-state index contributed by atoms with van der Waals surface area (Å²) in [6, 6.07) is 9.87. The Labute approximate surface area is 208 Å². The third-order valence-corrected chi connectivity index (χ3v) is 5.54. The molecule has 0 unspecified atom stereocenters. The average molecular weight is 502 g/mol. The second-order valence-electron chi connectivity index (χ2n) is 8.52. The predicted octanol–water partition coefficient (Wildman–Crippen LogP) is 7.07. The van der Waals surface area contributed by atoms with Gasteiger partial charge in [-0.15, -0.1) is 0 Å². The fraction of sp³-hybridized carbons (Fsp3) is 0.333. The van der Waals surface area contributed by atoms with Crippen molar-refractivity contribution in [1.82, 2.24) is 9.38 Å². The van der Waals surface area contributed by atoms with Crippen LogP contribution in [0.5, 0.6) is 5.88 Å². The van der Waals surface area contributed by atoms with E-state index in [4.69, 9.17) is 4.42 Å². The Balaban J connectivity index is 0.000000223. The number of halogens is 3. The lowest BCUT2D eigenvalue weighted by molar-refractivity contribution is 0.0185. The number of anilines is 1. The van der Waals surface area contributed by atoms with Gasteiger partial charge in [-0.3, -0.25) is 9.20 Å². The Morgan fingerprint density at radius 2 is 1.81 bits per heavy atom. The van der Waals surface area contributed by atoms with Crippen molar-refractivity contribution in [1.29, 1.82) is 0 Å². The van der Waals surface area contributed by atoms with Gasteiger partial charge in [0.25, 0.3) is 5.92 Å². The summed E-state index contributed by atoms with van der Waals surface area (Å²) in [4.78, 5) is 17.4. The van der Waals surface area contributed by atoms with E-state index in [1.807, 2.05) is 12.1 Å². The molecule has 0 saturated heterocycles. The number of fused-ring (bicyclic) bond motifs is 1. The number of hydrogen-bond donors (Lipinski definition) is 1. The van der Waals surface area contributed by atoms with Crippen LogP contribution in [-0.2, 0) is 5.92 Å². The minimum Gasteiger partial charge on any atom is -0.493 e. The number of hydrogen-bond acceptors (Lipinski definition) is 5. The predicted molar refractivity (Wildman–Crippen MR) is 133 cm³/mol. The molecule has 0 saturated carbocycles. The summed E-state index contributed by atoms with van der Waals surface area (Å²) in [5.74, 6) is -4.27. The van der Waals surface area contributed by atoms with E-state index in [1.54, 1.807) is 12.1 Å². The molecule has 0 aliphatic heterocycles. The van der Waals surface area contributed by atoms with E-state index >= 15 is 0 Å². The van der Waals surface area contributed by atoms with Crippen LogP contribution >= 0.6 is 0 Å². The molecule has 0 aliphatic rings. The van der Waals surface area contributed by atoms with Gasteiger partial charge in [0.05, 0.1) is 23.8 Å². The van der Waals surface area contributed by atoms with Crippen molar-refractivity contribution in [2.75, 3.05) is 18.0 Å². The fourth-order valence-corrected chi connectivity index (χ4v) is 3.88. The number of ketones is 1. The number of aromatic hydroxyl groups is 1. The normalized spacial score (nSPS) is 11.3. The van der Waals surface area contributed by atoms with Crippen LogP contribution in [0.3, 0.4) is 0 Å². The molecular formula is C27H30F3N3O3. The highest BCUT2D eigenvalue weighted by atomic mass is 19.3. The zero-order valence-electron chi connectivity index (χ0n) is 20.8. The quantitative estimate of drug-likeness (QED) is 0.262. The average Bonchev–Trinajstić information content (AvgIpc) is 3.47. The highest BCUT2D eigenvalue weighted by Crippen LogP contribution is 2.36. The molecule has 0 amide bonds. The molecule has 4 aromatic rings. The Kier molecular flexibility index (Phi) is 8.45. The van der Waals surface area contributed by atoms with Gasteiger partial charge < -0.3 is 14.4 Å². The Morgan fingerprint density at radius 3 is 2.33 bits per heavy atom. The molecule has 0 spiro atoms. The molecule has 36 heavy (non-hydrogen) atoms. The van der Waals surface area contributed by atoms with E-state index in [2.05, 4.69) is 23.7 Å². The number of Topliss-reactive ketones (excluding diaryl/α,β-unsaturated/α-hetero) is 1. The summed E-state index contributed by atoms with van der Waals surface area (Å²) in [6.07, 6.45) is 6.35. The number of furan rings is 1. The molecule has 0 aliphatic carbocycles. The largest absolute Gasteiger partial charge is 0.493 e. The van der Waals surface area contributed by atoms with Crippen LogP contribution in [0.15, 0.2) is 59.5 Å². The molecule has 192 valence electrons. The topological polar surface area (TPSA) is 71.0 Å². The van der Waals surface area contributed by atoms with E-state index in [0.29, 0.717) is 11.1 Å². The zero-order chi connectivity index (χ0) is 26.5. The Morgan fingerprint density at radius 1 is 1.14 bits per heavy atom. The van der Waals surface area contributed by atoms with E-state index < -0.39 is 17.6 Å². The number of nitrogens with zero attached hydrogens (tertiary/aromatic N) is 3. The molecule has 4 rings (SSSR count). The summed E-state index contributed by atoms with van der Waals surface area (Å²) in [5.41, 5.74) is 0.952. The smallest absolute Gasteiger partial charge is 0.274 e. The number of imidazole rings is 1. The number of rotatable bonds is 8. The van der Waals surface area contributed by atoms with Gasteiger partial charge in [-0.05, 0) is 37.1 Å². The van der Waals surface area contributed by atoms with Crippen LogP contribution < -0.4 is 4.90 Å². The summed E-state index contributed by atoms with van der Waals surface area (Å²) in [6.45, 7) is 8.03. The van der Waals surface area contributed by atoms with Crippen molar-refractivity contribution < 1.29 is 27.5 Å². The number of para-hydroxylation sites is 1. The standard InChI is InChI=1S/C15H12F2N2O3.C12H18FN/c1-8(20)12-14(21)19-6-10(9-3-4-22-7-9)5-11(13(19)18-12)15(2,16)17;1-3-9-14(10-4-2)12-8-6-5-7-11(12)13/h3-7,21H,1-2H3;5-8H,3-4,9-10H2,1-2H3. The number of carbonyl (C=O) groups excluding carboxylic acids is 1. The highest BCUT2D eigenvalue weighted by Gasteiger charge is 2.31. The number of benzene rings is 1. The van der Waals surface area contributed by atoms with Gasteiger partial charge in [0.2, 0.25) is 5.88 Å². The van der Waals surface area contributed by atoms with Crippen molar-refractivity contribution >= 4 is 17.1 Å². The van der Waals surface area contributed by atoms with Gasteiger partial charge >= 0.3 is 0 Å². The maximum Gasteiger partial charge on any atom is 0.274 e. The van der Waals surface area contributed by atoms with E-state index in [9.17, 15) is 23.1 Å². The molecule has 9 heteroatoms. The molecule has 3 aromatic heterocycles. The molecule has 0 atom stereocenters. The summed E-state index contributed by atoms with van der Waals surface area (Å²) in [7, 11) is 0. The summed E-state index contributed by atoms with van der Waals surface area (Å²) in [5, 5.41) is 10.1. The third-order valence-electron chi connectivity index (χ3n) is 5.54. The van der Waals surface area contributed by atoms with Crippen molar-refractivity contribution in [2.45, 2.75) is 46.5 Å². The monoisotopic (exact) mass is 501 g/mol. The second kappa shape index (κ2) is 11.3. The van der Waals surface area contributed by atoms with Gasteiger partial charge in [-0.25, -0.2) is 18.2 Å². The lowest BCUT2D eigenvalue weighted by Gasteiger charge is -2.23. The van der Waals surface area contributed by atoms with Gasteiger partial charge in [-0.2, -0.15) is 0 Å². The maximum absolute atomic E-state index is 13.9. The molecular weight excluding hydrogens is 471 g/mol. The van der Waals surface area contributed by atoms with Crippen molar-refractivity contribution in [3.8, 4) is 17.0 Å². The van der Waals surface area contributed by atoms with Crippen molar-refractivity contribution in [3.63, 3.8) is 0 Å². The maximum atomic E-state index is 13.9. The third kappa shape index (κ3) is 5.90. The SMILES string of the molecule is CC(=O)c1nc2c(C(C)(F)F)cc(-c3ccoc3)cn2c1O.CCCN(CCC)c1ccccc1F. The molecule has 0 fully saturated rings. The van der Waals surface area contributed by atoms with Crippen LogP contribution in [0.25, 0.3) is 16.8 Å². The number of alkyl halides is 2. The number of aromatic nitrogens is 2. The minimum atomic E-state index is -3.19. The molecule has 0 radical (unpaired) electrons. The lowest BCUT2D eigenvalue weighted by atomic mass is 10.1. The molecule has 3 heterocycles. The first-order valence-electron chi connectivity index (χ1n) is 11.7. The molecule has 1 aromatic carbocycles. The van der Waals surface area contributed by atoms with Crippen LogP contribution in [0, 0.1) is 5.82 Å². The Bertz CT molecular complexity index is 1310. The number of pyridine rings is 1. The van der Waals surface area contributed by atoms with Crippen LogP contribution in [0.4, 0.5) is 18.9 Å².